The number of benzene rings is 1. The first-order valence-electron chi connectivity index (χ1n) is 9.07. The largest absolute Gasteiger partial charge is 0.466 e. The Hall–Kier alpha value is -2.61. The summed E-state index contributed by atoms with van der Waals surface area (Å²) in [5, 5.41) is 17.0. The molecule has 0 aliphatic carbocycles. The lowest BCUT2D eigenvalue weighted by Crippen LogP contribution is -2.44. The second-order valence-electron chi connectivity index (χ2n) is 6.68. The molecule has 0 amide bonds. The van der Waals surface area contributed by atoms with E-state index in [0.717, 1.165) is 11.3 Å². The summed E-state index contributed by atoms with van der Waals surface area (Å²) in [5.74, 6) is 2.00. The van der Waals surface area contributed by atoms with Gasteiger partial charge in [-0.25, -0.2) is 4.99 Å². The maximum Gasteiger partial charge on any atom is 0.387 e. The molecule has 1 atom stereocenters. The first kappa shape index (κ1) is 21.7. The van der Waals surface area contributed by atoms with Crippen LogP contribution in [0.3, 0.4) is 0 Å². The molecule has 1 aromatic heterocycles. The molecule has 0 saturated carbocycles. The highest BCUT2D eigenvalue weighted by molar-refractivity contribution is 5.79. The van der Waals surface area contributed by atoms with Crippen molar-refractivity contribution in [2.75, 3.05) is 13.1 Å². The van der Waals surface area contributed by atoms with Crippen molar-refractivity contribution in [3.63, 3.8) is 0 Å². The van der Waals surface area contributed by atoms with E-state index in [0.29, 0.717) is 23.8 Å². The van der Waals surface area contributed by atoms with Crippen molar-refractivity contribution in [2.24, 2.45) is 4.99 Å². The molecule has 1 unspecified atom stereocenters. The highest BCUT2D eigenvalue weighted by atomic mass is 19.3. The van der Waals surface area contributed by atoms with E-state index in [1.807, 2.05) is 26.8 Å². The molecule has 0 fully saturated rings. The Kier molecular flexibility index (Phi) is 7.39. The average Bonchev–Trinajstić information content (AvgIpc) is 2.96. The van der Waals surface area contributed by atoms with Gasteiger partial charge >= 0.3 is 6.61 Å². The molecule has 2 aromatic rings. The highest BCUT2D eigenvalue weighted by Crippen LogP contribution is 2.26. The lowest BCUT2D eigenvalue weighted by Gasteiger charge is -2.24. The molecule has 6 nitrogen and oxygen atoms in total. The molecule has 0 aliphatic heterocycles. The van der Waals surface area contributed by atoms with E-state index < -0.39 is 12.2 Å². The smallest absolute Gasteiger partial charge is 0.387 e. The maximum atomic E-state index is 12.3. The zero-order chi connectivity index (χ0) is 20.7. The summed E-state index contributed by atoms with van der Waals surface area (Å²) >= 11 is 0. The summed E-state index contributed by atoms with van der Waals surface area (Å²) in [5.41, 5.74) is 0.289. The normalized spacial score (nSPS) is 14.1. The third kappa shape index (κ3) is 6.23. The van der Waals surface area contributed by atoms with E-state index in [1.54, 1.807) is 19.1 Å². The highest BCUT2D eigenvalue weighted by Gasteiger charge is 2.27. The monoisotopic (exact) mass is 395 g/mol. The number of ether oxygens (including phenoxy) is 1. The van der Waals surface area contributed by atoms with Crippen molar-refractivity contribution in [3.05, 3.63) is 53.0 Å². The van der Waals surface area contributed by atoms with Crippen LogP contribution in [-0.2, 0) is 12.1 Å². The van der Waals surface area contributed by atoms with Crippen molar-refractivity contribution in [1.82, 2.24) is 10.6 Å². The van der Waals surface area contributed by atoms with Crippen LogP contribution in [0.5, 0.6) is 5.75 Å². The Morgan fingerprint density at radius 2 is 2.04 bits per heavy atom. The Balaban J connectivity index is 2.05. The molecule has 0 saturated heterocycles. The average molecular weight is 395 g/mol. The first-order valence-corrected chi connectivity index (χ1v) is 9.07. The second kappa shape index (κ2) is 9.54. The molecule has 3 N–H and O–H groups in total. The van der Waals surface area contributed by atoms with Crippen molar-refractivity contribution in [2.45, 2.75) is 46.5 Å². The van der Waals surface area contributed by atoms with Gasteiger partial charge in [0.1, 0.15) is 22.9 Å². The van der Waals surface area contributed by atoms with Gasteiger partial charge in [-0.05, 0) is 51.5 Å². The third-order valence-corrected chi connectivity index (χ3v) is 4.11. The van der Waals surface area contributed by atoms with E-state index in [2.05, 4.69) is 20.4 Å². The van der Waals surface area contributed by atoms with Crippen LogP contribution >= 0.6 is 0 Å². The lowest BCUT2D eigenvalue weighted by atomic mass is 9.96. The van der Waals surface area contributed by atoms with Crippen LogP contribution in [-0.4, -0.2) is 30.8 Å². The van der Waals surface area contributed by atoms with Crippen molar-refractivity contribution < 1.29 is 23.0 Å². The molecule has 0 radical (unpaired) electrons. The van der Waals surface area contributed by atoms with Crippen LogP contribution in [0.25, 0.3) is 0 Å². The number of nitrogens with zero attached hydrogens (tertiary/aromatic N) is 1. The van der Waals surface area contributed by atoms with Crippen molar-refractivity contribution in [1.29, 1.82) is 0 Å². The van der Waals surface area contributed by atoms with Crippen molar-refractivity contribution in [3.8, 4) is 5.75 Å². The summed E-state index contributed by atoms with van der Waals surface area (Å²) in [7, 11) is 0. The standard InChI is InChI=1S/C20H27F2N3O3/c1-5-23-19(24-11-15-7-6-8-16(10-15)28-18(21)22)25-12-20(4,26)17-9-13(2)27-14(17)3/h6-10,18,26H,5,11-12H2,1-4H3,(H2,23,24,25). The molecule has 154 valence electrons. The Morgan fingerprint density at radius 1 is 1.29 bits per heavy atom. The van der Waals surface area contributed by atoms with E-state index >= 15 is 0 Å². The zero-order valence-corrected chi connectivity index (χ0v) is 16.6. The number of furan rings is 1. The van der Waals surface area contributed by atoms with Gasteiger partial charge in [0.2, 0.25) is 0 Å². The fraction of sp³-hybridized carbons (Fsp3) is 0.450. The Morgan fingerprint density at radius 3 is 2.64 bits per heavy atom. The van der Waals surface area contributed by atoms with Gasteiger partial charge in [-0.1, -0.05) is 12.1 Å². The summed E-state index contributed by atoms with van der Waals surface area (Å²) in [6, 6.07) is 8.22. The van der Waals surface area contributed by atoms with Crippen LogP contribution in [0.1, 0.15) is 36.5 Å². The molecule has 0 spiro atoms. The number of alkyl halides is 2. The zero-order valence-electron chi connectivity index (χ0n) is 16.6. The van der Waals surface area contributed by atoms with Gasteiger partial charge in [0.25, 0.3) is 0 Å². The minimum absolute atomic E-state index is 0.0920. The number of hydrogen-bond donors (Lipinski definition) is 3. The predicted octanol–water partition coefficient (Wildman–Crippen LogP) is 3.46. The third-order valence-electron chi connectivity index (χ3n) is 4.11. The topological polar surface area (TPSA) is 79.0 Å². The fourth-order valence-electron chi connectivity index (χ4n) is 2.85. The van der Waals surface area contributed by atoms with Crippen LogP contribution in [0.2, 0.25) is 0 Å². The van der Waals surface area contributed by atoms with E-state index in [1.165, 1.54) is 12.1 Å². The van der Waals surface area contributed by atoms with Gasteiger partial charge in [0.05, 0.1) is 13.1 Å². The van der Waals surface area contributed by atoms with Crippen LogP contribution in [0.4, 0.5) is 8.78 Å². The molecular weight excluding hydrogens is 368 g/mol. The quantitative estimate of drug-likeness (QED) is 0.471. The van der Waals surface area contributed by atoms with Gasteiger partial charge in [0, 0.05) is 12.1 Å². The van der Waals surface area contributed by atoms with E-state index in [-0.39, 0.29) is 18.8 Å². The summed E-state index contributed by atoms with van der Waals surface area (Å²) in [4.78, 5) is 4.45. The molecule has 0 bridgehead atoms. The van der Waals surface area contributed by atoms with Gasteiger partial charge in [-0.15, -0.1) is 0 Å². The predicted molar refractivity (Wildman–Crippen MR) is 104 cm³/mol. The Labute approximate surface area is 163 Å². The van der Waals surface area contributed by atoms with Gasteiger partial charge in [-0.3, -0.25) is 0 Å². The molecule has 28 heavy (non-hydrogen) atoms. The fourth-order valence-corrected chi connectivity index (χ4v) is 2.85. The number of rotatable bonds is 8. The number of guanidine groups is 1. The minimum Gasteiger partial charge on any atom is -0.466 e. The summed E-state index contributed by atoms with van der Waals surface area (Å²) in [6.07, 6.45) is 0. The molecule has 8 heteroatoms. The number of halogens is 2. The lowest BCUT2D eigenvalue weighted by molar-refractivity contribution is -0.0498. The summed E-state index contributed by atoms with van der Waals surface area (Å²) in [6.45, 7) is 5.51. The van der Waals surface area contributed by atoms with Crippen molar-refractivity contribution >= 4 is 5.96 Å². The van der Waals surface area contributed by atoms with Crippen LogP contribution in [0.15, 0.2) is 39.7 Å². The number of aliphatic imine (C=N–C) groups is 1. The molecular formula is C20H27F2N3O3. The second-order valence-corrected chi connectivity index (χ2v) is 6.68. The first-order chi connectivity index (χ1) is 13.2. The van der Waals surface area contributed by atoms with E-state index in [4.69, 9.17) is 4.42 Å². The number of aliphatic hydroxyl groups is 1. The molecule has 0 aliphatic rings. The van der Waals surface area contributed by atoms with E-state index in [9.17, 15) is 13.9 Å². The Bertz CT molecular complexity index is 804. The van der Waals surface area contributed by atoms with Gasteiger partial charge in [0.15, 0.2) is 5.96 Å². The molecule has 1 heterocycles. The van der Waals surface area contributed by atoms with Gasteiger partial charge < -0.3 is 24.9 Å². The minimum atomic E-state index is -2.87. The molecule has 1 aromatic carbocycles. The summed E-state index contributed by atoms with van der Waals surface area (Å²) < 4.78 is 34.6. The van der Waals surface area contributed by atoms with Crippen LogP contribution in [0, 0.1) is 13.8 Å². The number of aryl methyl sites for hydroxylation is 2. The molecule has 2 rings (SSSR count). The van der Waals surface area contributed by atoms with Gasteiger partial charge in [-0.2, -0.15) is 8.78 Å². The number of hydrogen-bond acceptors (Lipinski definition) is 4. The van der Waals surface area contributed by atoms with Crippen LogP contribution < -0.4 is 15.4 Å². The SMILES string of the molecule is CCNC(=NCc1cccc(OC(F)F)c1)NCC(C)(O)c1cc(C)oc1C. The number of nitrogens with one attached hydrogen (secondary N) is 2. The maximum absolute atomic E-state index is 12.3.